The van der Waals surface area contributed by atoms with Crippen molar-refractivity contribution in [3.05, 3.63) is 29.8 Å². The average Bonchev–Trinajstić information content (AvgIpc) is 2.50. The van der Waals surface area contributed by atoms with E-state index in [2.05, 4.69) is 5.32 Å². The van der Waals surface area contributed by atoms with E-state index in [9.17, 15) is 13.2 Å². The van der Waals surface area contributed by atoms with Crippen LogP contribution in [0.25, 0.3) is 0 Å². The van der Waals surface area contributed by atoms with Crippen molar-refractivity contribution in [3.63, 3.8) is 0 Å². The molecule has 1 atom stereocenters. The Bertz CT molecular complexity index is 614. The standard InChI is InChI=1S/C16H24N2O3S/c17-11-6-2-1-3-9-16(19)18-14-10-12-22(20,21)15-8-5-4-7-13(14)15/h4-5,7-8,14H,1-3,6,9-12,17H2,(H,18,19). The molecule has 1 aromatic rings. The first-order valence-electron chi connectivity index (χ1n) is 7.86. The lowest BCUT2D eigenvalue weighted by Crippen LogP contribution is -2.33. The highest BCUT2D eigenvalue weighted by Crippen LogP contribution is 2.31. The summed E-state index contributed by atoms with van der Waals surface area (Å²) >= 11 is 0. The molecular weight excluding hydrogens is 300 g/mol. The number of hydrogen-bond acceptors (Lipinski definition) is 4. The maximum Gasteiger partial charge on any atom is 0.220 e. The lowest BCUT2D eigenvalue weighted by Gasteiger charge is -2.26. The summed E-state index contributed by atoms with van der Waals surface area (Å²) in [6.07, 6.45) is 4.82. The molecule has 0 fully saturated rings. The zero-order valence-electron chi connectivity index (χ0n) is 12.8. The first kappa shape index (κ1) is 17.0. The number of rotatable bonds is 7. The maximum absolute atomic E-state index is 12.1. The van der Waals surface area contributed by atoms with Crippen LogP contribution in [0.5, 0.6) is 0 Å². The average molecular weight is 324 g/mol. The molecule has 5 nitrogen and oxygen atoms in total. The molecule has 0 bridgehead atoms. The van der Waals surface area contributed by atoms with E-state index < -0.39 is 9.84 Å². The van der Waals surface area contributed by atoms with Gasteiger partial charge in [0, 0.05) is 6.42 Å². The summed E-state index contributed by atoms with van der Waals surface area (Å²) in [6.45, 7) is 0.694. The van der Waals surface area contributed by atoms with Crippen LogP contribution in [0.4, 0.5) is 0 Å². The number of nitrogens with one attached hydrogen (secondary N) is 1. The van der Waals surface area contributed by atoms with Crippen molar-refractivity contribution in [2.75, 3.05) is 12.3 Å². The maximum atomic E-state index is 12.1. The molecule has 122 valence electrons. The first-order valence-corrected chi connectivity index (χ1v) is 9.51. The molecule has 6 heteroatoms. The molecule has 0 saturated heterocycles. The number of carbonyl (C=O) groups excluding carboxylic acids is 1. The predicted molar refractivity (Wildman–Crippen MR) is 86.1 cm³/mol. The molecule has 1 heterocycles. The summed E-state index contributed by atoms with van der Waals surface area (Å²) in [6, 6.07) is 6.74. The minimum atomic E-state index is -3.20. The van der Waals surface area contributed by atoms with Gasteiger partial charge in [-0.3, -0.25) is 4.79 Å². The first-order chi connectivity index (χ1) is 10.5. The van der Waals surface area contributed by atoms with Crippen LogP contribution in [0, 0.1) is 0 Å². The quantitative estimate of drug-likeness (QED) is 0.750. The van der Waals surface area contributed by atoms with Gasteiger partial charge >= 0.3 is 0 Å². The molecule has 0 radical (unpaired) electrons. The molecule has 0 saturated carbocycles. The predicted octanol–water partition coefficient (Wildman–Crippen LogP) is 1.93. The van der Waals surface area contributed by atoms with Crippen molar-refractivity contribution in [1.82, 2.24) is 5.32 Å². The van der Waals surface area contributed by atoms with Crippen LogP contribution in [0.3, 0.4) is 0 Å². The van der Waals surface area contributed by atoms with E-state index in [1.54, 1.807) is 18.2 Å². The van der Waals surface area contributed by atoms with Gasteiger partial charge in [0.05, 0.1) is 16.7 Å². The minimum Gasteiger partial charge on any atom is -0.349 e. The fraction of sp³-hybridized carbons (Fsp3) is 0.562. The molecule has 1 aliphatic rings. The Morgan fingerprint density at radius 3 is 2.68 bits per heavy atom. The third-order valence-corrected chi connectivity index (χ3v) is 5.81. The number of amides is 1. The van der Waals surface area contributed by atoms with E-state index in [1.165, 1.54) is 0 Å². The molecule has 1 aromatic carbocycles. The second-order valence-electron chi connectivity index (χ2n) is 5.72. The number of fused-ring (bicyclic) bond motifs is 1. The van der Waals surface area contributed by atoms with Crippen molar-refractivity contribution < 1.29 is 13.2 Å². The van der Waals surface area contributed by atoms with Gasteiger partial charge in [-0.25, -0.2) is 8.42 Å². The highest BCUT2D eigenvalue weighted by Gasteiger charge is 2.30. The van der Waals surface area contributed by atoms with E-state index in [1.807, 2.05) is 6.07 Å². The van der Waals surface area contributed by atoms with Crippen LogP contribution in [-0.4, -0.2) is 26.6 Å². The highest BCUT2D eigenvalue weighted by atomic mass is 32.2. The Morgan fingerprint density at radius 1 is 1.18 bits per heavy atom. The molecule has 0 aromatic heterocycles. The normalized spacial score (nSPS) is 19.4. The van der Waals surface area contributed by atoms with Gasteiger partial charge in [0.15, 0.2) is 9.84 Å². The molecule has 0 spiro atoms. The molecule has 1 aliphatic heterocycles. The fourth-order valence-corrected chi connectivity index (χ4v) is 4.41. The van der Waals surface area contributed by atoms with Crippen LogP contribution in [0.15, 0.2) is 29.2 Å². The van der Waals surface area contributed by atoms with Crippen molar-refractivity contribution in [1.29, 1.82) is 0 Å². The van der Waals surface area contributed by atoms with Gasteiger partial charge in [-0.15, -0.1) is 0 Å². The Hall–Kier alpha value is -1.40. The van der Waals surface area contributed by atoms with Gasteiger partial charge in [0.2, 0.25) is 5.91 Å². The SMILES string of the molecule is NCCCCCCC(=O)NC1CCS(=O)(=O)c2ccccc21. The summed E-state index contributed by atoms with van der Waals surface area (Å²) in [5.41, 5.74) is 6.15. The fourth-order valence-electron chi connectivity index (χ4n) is 2.79. The van der Waals surface area contributed by atoms with Crippen LogP contribution >= 0.6 is 0 Å². The van der Waals surface area contributed by atoms with Gasteiger partial charge < -0.3 is 11.1 Å². The summed E-state index contributed by atoms with van der Waals surface area (Å²) < 4.78 is 24.1. The smallest absolute Gasteiger partial charge is 0.220 e. The second-order valence-corrected chi connectivity index (χ2v) is 7.80. The molecule has 1 unspecified atom stereocenters. The summed E-state index contributed by atoms with van der Waals surface area (Å²) in [5, 5.41) is 2.98. The van der Waals surface area contributed by atoms with Gasteiger partial charge in [-0.2, -0.15) is 0 Å². The third-order valence-electron chi connectivity index (χ3n) is 4.00. The largest absolute Gasteiger partial charge is 0.349 e. The van der Waals surface area contributed by atoms with Gasteiger partial charge in [-0.1, -0.05) is 31.0 Å². The van der Waals surface area contributed by atoms with Crippen molar-refractivity contribution >= 4 is 15.7 Å². The number of sulfone groups is 1. The van der Waals surface area contributed by atoms with E-state index in [0.717, 1.165) is 25.7 Å². The van der Waals surface area contributed by atoms with Crippen LogP contribution < -0.4 is 11.1 Å². The molecule has 2 rings (SSSR count). The van der Waals surface area contributed by atoms with Gasteiger partial charge in [0.25, 0.3) is 0 Å². The van der Waals surface area contributed by atoms with Gasteiger partial charge in [0.1, 0.15) is 0 Å². The second kappa shape index (κ2) is 7.74. The number of carbonyl (C=O) groups is 1. The molecule has 3 N–H and O–H groups in total. The van der Waals surface area contributed by atoms with Crippen molar-refractivity contribution in [3.8, 4) is 0 Å². The monoisotopic (exact) mass is 324 g/mol. The number of unbranched alkanes of at least 4 members (excludes halogenated alkanes) is 3. The van der Waals surface area contributed by atoms with Crippen LogP contribution in [-0.2, 0) is 14.6 Å². The topological polar surface area (TPSA) is 89.3 Å². The van der Waals surface area contributed by atoms with E-state index in [4.69, 9.17) is 5.73 Å². The zero-order valence-corrected chi connectivity index (χ0v) is 13.6. The Kier molecular flexibility index (Phi) is 5.97. The lowest BCUT2D eigenvalue weighted by atomic mass is 10.0. The van der Waals surface area contributed by atoms with E-state index in [-0.39, 0.29) is 17.7 Å². The van der Waals surface area contributed by atoms with E-state index in [0.29, 0.717) is 29.8 Å². The number of nitrogens with two attached hydrogens (primary N) is 1. The Morgan fingerprint density at radius 2 is 1.91 bits per heavy atom. The van der Waals surface area contributed by atoms with Crippen LogP contribution in [0.1, 0.15) is 50.1 Å². The summed E-state index contributed by atoms with van der Waals surface area (Å²) in [7, 11) is -3.20. The minimum absolute atomic E-state index is 0.00755. The zero-order chi connectivity index (χ0) is 16.0. The van der Waals surface area contributed by atoms with Crippen molar-refractivity contribution in [2.24, 2.45) is 5.73 Å². The van der Waals surface area contributed by atoms with Gasteiger partial charge in [-0.05, 0) is 37.4 Å². The summed E-state index contributed by atoms with van der Waals surface area (Å²) in [5.74, 6) is 0.0812. The van der Waals surface area contributed by atoms with E-state index >= 15 is 0 Å². The Labute approximate surface area is 132 Å². The third kappa shape index (κ3) is 4.30. The molecule has 1 amide bonds. The van der Waals surface area contributed by atoms with Crippen LogP contribution in [0.2, 0.25) is 0 Å². The number of benzene rings is 1. The summed E-state index contributed by atoms with van der Waals surface area (Å²) in [4.78, 5) is 12.4. The highest BCUT2D eigenvalue weighted by molar-refractivity contribution is 7.91. The lowest BCUT2D eigenvalue weighted by molar-refractivity contribution is -0.122. The Balaban J connectivity index is 1.92. The molecule has 22 heavy (non-hydrogen) atoms. The number of hydrogen-bond donors (Lipinski definition) is 2. The van der Waals surface area contributed by atoms with Crippen molar-refractivity contribution in [2.45, 2.75) is 49.5 Å². The molecular formula is C16H24N2O3S. The molecule has 0 aliphatic carbocycles.